The van der Waals surface area contributed by atoms with E-state index < -0.39 is 0 Å². The third kappa shape index (κ3) is 4.37. The highest BCUT2D eigenvalue weighted by atomic mass is 16.3. The monoisotopic (exact) mass is 201 g/mol. The van der Waals surface area contributed by atoms with Gasteiger partial charge in [-0.2, -0.15) is 0 Å². The predicted octanol–water partition coefficient (Wildman–Crippen LogP) is -0.666. The van der Waals surface area contributed by atoms with Gasteiger partial charge in [0.25, 0.3) is 0 Å². The molecule has 0 amide bonds. The van der Waals surface area contributed by atoms with Crippen molar-refractivity contribution in [1.82, 2.24) is 9.80 Å². The zero-order valence-electron chi connectivity index (χ0n) is 9.15. The van der Waals surface area contributed by atoms with Gasteiger partial charge in [-0.05, 0) is 26.4 Å². The summed E-state index contributed by atoms with van der Waals surface area (Å²) in [4.78, 5) is 4.77. The van der Waals surface area contributed by atoms with Gasteiger partial charge in [0.2, 0.25) is 0 Å². The minimum atomic E-state index is -0.203. The lowest BCUT2D eigenvalue weighted by Gasteiger charge is -2.35. The Morgan fingerprint density at radius 3 is 2.29 bits per heavy atom. The highest BCUT2D eigenvalue weighted by Gasteiger charge is 2.16. The molecule has 4 nitrogen and oxygen atoms in total. The van der Waals surface area contributed by atoms with Crippen LogP contribution in [0.2, 0.25) is 0 Å². The van der Waals surface area contributed by atoms with Gasteiger partial charge in [-0.1, -0.05) is 0 Å². The van der Waals surface area contributed by atoms with Crippen molar-refractivity contribution in [3.05, 3.63) is 0 Å². The number of aliphatic hydroxyl groups is 1. The minimum absolute atomic E-state index is 0.203. The number of rotatable bonds is 5. The zero-order chi connectivity index (χ0) is 10.4. The number of β-amino-alcohol motifs (C(OH)–C–C–N with tert-alkyl or cyclic N) is 1. The Morgan fingerprint density at radius 2 is 1.79 bits per heavy atom. The van der Waals surface area contributed by atoms with E-state index in [-0.39, 0.29) is 6.10 Å². The van der Waals surface area contributed by atoms with Crippen LogP contribution in [0.25, 0.3) is 0 Å². The average molecular weight is 201 g/mol. The van der Waals surface area contributed by atoms with Crippen molar-refractivity contribution < 1.29 is 5.11 Å². The molecular formula is C10H23N3O. The van der Waals surface area contributed by atoms with Crippen LogP contribution < -0.4 is 5.73 Å². The van der Waals surface area contributed by atoms with Crippen LogP contribution in [0.1, 0.15) is 13.3 Å². The molecule has 84 valence electrons. The van der Waals surface area contributed by atoms with Crippen LogP contribution in [0.3, 0.4) is 0 Å². The molecule has 1 unspecified atom stereocenters. The van der Waals surface area contributed by atoms with Gasteiger partial charge < -0.3 is 15.7 Å². The molecule has 1 fully saturated rings. The van der Waals surface area contributed by atoms with Crippen LogP contribution in [0.15, 0.2) is 0 Å². The van der Waals surface area contributed by atoms with Crippen molar-refractivity contribution in [2.75, 3.05) is 45.8 Å². The summed E-state index contributed by atoms with van der Waals surface area (Å²) in [5.41, 5.74) is 5.47. The molecule has 0 aliphatic carbocycles. The Bertz CT molecular complexity index is 144. The molecule has 14 heavy (non-hydrogen) atoms. The van der Waals surface area contributed by atoms with E-state index in [1.54, 1.807) is 0 Å². The smallest absolute Gasteiger partial charge is 0.0639 e. The van der Waals surface area contributed by atoms with E-state index >= 15 is 0 Å². The SMILES string of the molecule is CC(O)CN1CCN(CCCN)CC1. The first-order valence-electron chi connectivity index (χ1n) is 5.55. The first-order valence-corrected chi connectivity index (χ1v) is 5.55. The lowest BCUT2D eigenvalue weighted by molar-refractivity contribution is 0.0807. The molecule has 0 aromatic rings. The van der Waals surface area contributed by atoms with E-state index in [4.69, 9.17) is 5.73 Å². The van der Waals surface area contributed by atoms with Crippen LogP contribution in [0.5, 0.6) is 0 Å². The van der Waals surface area contributed by atoms with Crippen molar-refractivity contribution in [3.8, 4) is 0 Å². The summed E-state index contributed by atoms with van der Waals surface area (Å²) in [6.07, 6.45) is 0.890. The molecule has 4 heteroatoms. The van der Waals surface area contributed by atoms with Gasteiger partial charge in [0.05, 0.1) is 6.10 Å². The minimum Gasteiger partial charge on any atom is -0.392 e. The number of piperazine rings is 1. The fourth-order valence-corrected chi connectivity index (χ4v) is 1.88. The third-order valence-electron chi connectivity index (χ3n) is 2.67. The number of nitrogens with zero attached hydrogens (tertiary/aromatic N) is 2. The van der Waals surface area contributed by atoms with E-state index in [1.807, 2.05) is 6.92 Å². The molecule has 1 saturated heterocycles. The fourth-order valence-electron chi connectivity index (χ4n) is 1.88. The maximum atomic E-state index is 9.24. The molecule has 1 aliphatic rings. The molecule has 0 aromatic heterocycles. The largest absolute Gasteiger partial charge is 0.392 e. The lowest BCUT2D eigenvalue weighted by Crippen LogP contribution is -2.48. The highest BCUT2D eigenvalue weighted by Crippen LogP contribution is 2.02. The zero-order valence-corrected chi connectivity index (χ0v) is 9.15. The predicted molar refractivity (Wildman–Crippen MR) is 58.2 cm³/mol. The molecule has 0 saturated carbocycles. The molecule has 0 spiro atoms. The maximum Gasteiger partial charge on any atom is 0.0639 e. The van der Waals surface area contributed by atoms with Gasteiger partial charge >= 0.3 is 0 Å². The van der Waals surface area contributed by atoms with E-state index in [9.17, 15) is 5.11 Å². The first-order chi connectivity index (χ1) is 6.72. The number of aliphatic hydroxyl groups excluding tert-OH is 1. The molecule has 1 heterocycles. The second kappa shape index (κ2) is 6.35. The summed E-state index contributed by atoms with van der Waals surface area (Å²) in [6, 6.07) is 0. The Kier molecular flexibility index (Phi) is 5.40. The molecule has 0 aromatic carbocycles. The van der Waals surface area contributed by atoms with Gasteiger partial charge in [-0.3, -0.25) is 4.90 Å². The summed E-state index contributed by atoms with van der Waals surface area (Å²) >= 11 is 0. The summed E-state index contributed by atoms with van der Waals surface area (Å²) in [5, 5.41) is 9.24. The second-order valence-electron chi connectivity index (χ2n) is 4.13. The van der Waals surface area contributed by atoms with Crippen molar-refractivity contribution in [1.29, 1.82) is 0 Å². The van der Waals surface area contributed by atoms with Crippen LogP contribution in [-0.4, -0.2) is 66.8 Å². The summed E-state index contributed by atoms with van der Waals surface area (Å²) < 4.78 is 0. The van der Waals surface area contributed by atoms with Crippen molar-refractivity contribution >= 4 is 0 Å². The van der Waals surface area contributed by atoms with Crippen LogP contribution in [0, 0.1) is 0 Å². The van der Waals surface area contributed by atoms with Gasteiger partial charge in [-0.25, -0.2) is 0 Å². The Balaban J connectivity index is 2.11. The van der Waals surface area contributed by atoms with Gasteiger partial charge in [0.15, 0.2) is 0 Å². The van der Waals surface area contributed by atoms with E-state index in [1.165, 1.54) is 0 Å². The first kappa shape index (κ1) is 11.9. The molecule has 3 N–H and O–H groups in total. The molecule has 1 atom stereocenters. The van der Waals surface area contributed by atoms with E-state index in [0.29, 0.717) is 0 Å². The van der Waals surface area contributed by atoms with Gasteiger partial charge in [0.1, 0.15) is 0 Å². The van der Waals surface area contributed by atoms with E-state index in [2.05, 4.69) is 9.80 Å². The van der Waals surface area contributed by atoms with Crippen LogP contribution >= 0.6 is 0 Å². The summed E-state index contributed by atoms with van der Waals surface area (Å²) in [7, 11) is 0. The molecule has 0 bridgehead atoms. The fraction of sp³-hybridized carbons (Fsp3) is 1.00. The van der Waals surface area contributed by atoms with Crippen molar-refractivity contribution in [3.63, 3.8) is 0 Å². The highest BCUT2D eigenvalue weighted by molar-refractivity contribution is 4.72. The normalized spacial score (nSPS) is 22.5. The van der Waals surface area contributed by atoms with Crippen LogP contribution in [0.4, 0.5) is 0 Å². The molecular weight excluding hydrogens is 178 g/mol. The second-order valence-corrected chi connectivity index (χ2v) is 4.13. The standard InChI is InChI=1S/C10H23N3O/c1-10(14)9-13-7-5-12(6-8-13)4-2-3-11/h10,14H,2-9,11H2,1H3. The van der Waals surface area contributed by atoms with Crippen LogP contribution in [-0.2, 0) is 0 Å². The quantitative estimate of drug-likeness (QED) is 0.620. The summed E-state index contributed by atoms with van der Waals surface area (Å²) in [6.45, 7) is 8.96. The van der Waals surface area contributed by atoms with Crippen molar-refractivity contribution in [2.24, 2.45) is 5.73 Å². The Morgan fingerprint density at radius 1 is 1.21 bits per heavy atom. The Hall–Kier alpha value is -0.160. The molecule has 1 aliphatic heterocycles. The van der Waals surface area contributed by atoms with Gasteiger partial charge in [-0.15, -0.1) is 0 Å². The summed E-state index contributed by atoms with van der Waals surface area (Å²) in [5.74, 6) is 0. The lowest BCUT2D eigenvalue weighted by atomic mass is 10.2. The van der Waals surface area contributed by atoms with E-state index in [0.717, 1.165) is 52.2 Å². The van der Waals surface area contributed by atoms with Crippen molar-refractivity contribution in [2.45, 2.75) is 19.4 Å². The molecule has 0 radical (unpaired) electrons. The third-order valence-corrected chi connectivity index (χ3v) is 2.67. The maximum absolute atomic E-state index is 9.24. The number of hydrogen-bond donors (Lipinski definition) is 2. The van der Waals surface area contributed by atoms with Gasteiger partial charge in [0, 0.05) is 32.7 Å². The number of nitrogens with two attached hydrogens (primary N) is 1. The average Bonchev–Trinajstić information content (AvgIpc) is 2.16. The molecule has 1 rings (SSSR count). The topological polar surface area (TPSA) is 52.7 Å². The number of hydrogen-bond acceptors (Lipinski definition) is 4. The Labute approximate surface area is 86.7 Å².